The fourth-order valence-corrected chi connectivity index (χ4v) is 3.28. The van der Waals surface area contributed by atoms with E-state index in [0.29, 0.717) is 0 Å². The molecule has 2 fully saturated rings. The first kappa shape index (κ1) is 21.8. The molecule has 0 aliphatic carbocycles. The standard InChI is InChI=1S/C18H18F5N3O4/c19-12-5-9(6-13(20)15(12)11-1-2-14(27)25-16(11)28)26-7-10(8-26)30-17(29)24-4-3-18(21,22)23/h5-6,10-11H,1-4,7-8H2,(H,24,29)(H,25,27,28). The fraction of sp³-hybridized carbons (Fsp3) is 0.500. The zero-order chi connectivity index (χ0) is 22.1. The number of piperidine rings is 1. The number of carbonyl (C=O) groups is 3. The second-order valence-corrected chi connectivity index (χ2v) is 7.05. The lowest BCUT2D eigenvalue weighted by atomic mass is 9.89. The molecule has 7 nitrogen and oxygen atoms in total. The van der Waals surface area contributed by atoms with Crippen LogP contribution in [0, 0.1) is 11.6 Å². The van der Waals surface area contributed by atoms with Gasteiger partial charge in [0.15, 0.2) is 0 Å². The van der Waals surface area contributed by atoms with Crippen LogP contribution in [-0.2, 0) is 14.3 Å². The van der Waals surface area contributed by atoms with Gasteiger partial charge in [0.2, 0.25) is 11.8 Å². The maximum absolute atomic E-state index is 14.5. The van der Waals surface area contributed by atoms with Crippen LogP contribution < -0.4 is 15.5 Å². The van der Waals surface area contributed by atoms with Crippen molar-refractivity contribution in [3.8, 4) is 0 Å². The van der Waals surface area contributed by atoms with E-state index in [1.54, 1.807) is 0 Å². The highest BCUT2D eigenvalue weighted by molar-refractivity contribution is 6.01. The van der Waals surface area contributed by atoms with Crippen molar-refractivity contribution in [2.24, 2.45) is 0 Å². The third kappa shape index (κ3) is 5.16. The lowest BCUT2D eigenvalue weighted by Crippen LogP contribution is -2.54. The molecule has 1 aromatic rings. The number of nitrogens with zero attached hydrogens (tertiary/aromatic N) is 1. The summed E-state index contributed by atoms with van der Waals surface area (Å²) in [6, 6.07) is 2.09. The average Bonchev–Trinajstić information content (AvgIpc) is 2.57. The molecule has 3 amide bonds. The van der Waals surface area contributed by atoms with Gasteiger partial charge < -0.3 is 15.0 Å². The molecule has 3 rings (SSSR count). The van der Waals surface area contributed by atoms with Crippen LogP contribution in [0.5, 0.6) is 0 Å². The number of ether oxygens (including phenoxy) is 1. The molecule has 0 bridgehead atoms. The van der Waals surface area contributed by atoms with E-state index >= 15 is 0 Å². The second kappa shape index (κ2) is 8.44. The number of rotatable bonds is 5. The van der Waals surface area contributed by atoms with E-state index in [4.69, 9.17) is 4.74 Å². The summed E-state index contributed by atoms with van der Waals surface area (Å²) in [7, 11) is 0. The second-order valence-electron chi connectivity index (χ2n) is 7.05. The minimum Gasteiger partial charge on any atom is -0.442 e. The molecule has 2 N–H and O–H groups in total. The van der Waals surface area contributed by atoms with Crippen molar-refractivity contribution in [3.63, 3.8) is 0 Å². The maximum atomic E-state index is 14.5. The fourth-order valence-electron chi connectivity index (χ4n) is 3.28. The number of anilines is 1. The summed E-state index contributed by atoms with van der Waals surface area (Å²) < 4.78 is 70.1. The van der Waals surface area contributed by atoms with E-state index in [1.165, 1.54) is 4.90 Å². The molecule has 1 unspecified atom stereocenters. The molecule has 2 aliphatic rings. The van der Waals surface area contributed by atoms with Crippen molar-refractivity contribution in [1.29, 1.82) is 0 Å². The van der Waals surface area contributed by atoms with E-state index in [1.807, 2.05) is 5.32 Å². The molecule has 0 saturated carbocycles. The van der Waals surface area contributed by atoms with Crippen molar-refractivity contribution >= 4 is 23.6 Å². The van der Waals surface area contributed by atoms with Crippen LogP contribution in [0.3, 0.4) is 0 Å². The molecule has 2 heterocycles. The number of hydrogen-bond donors (Lipinski definition) is 2. The number of benzene rings is 1. The number of carbonyl (C=O) groups excluding carboxylic acids is 3. The van der Waals surface area contributed by atoms with Crippen LogP contribution in [0.4, 0.5) is 32.4 Å². The number of imide groups is 1. The van der Waals surface area contributed by atoms with E-state index < -0.39 is 66.3 Å². The highest BCUT2D eigenvalue weighted by atomic mass is 19.4. The molecule has 1 atom stereocenters. The van der Waals surface area contributed by atoms with Crippen LogP contribution in [0.1, 0.15) is 30.7 Å². The Morgan fingerprint density at radius 2 is 1.83 bits per heavy atom. The zero-order valence-corrected chi connectivity index (χ0v) is 15.5. The van der Waals surface area contributed by atoms with Crippen LogP contribution in [0.2, 0.25) is 0 Å². The molecule has 30 heavy (non-hydrogen) atoms. The molecule has 2 saturated heterocycles. The largest absolute Gasteiger partial charge is 0.442 e. The van der Waals surface area contributed by atoms with Gasteiger partial charge in [0.25, 0.3) is 0 Å². The molecule has 12 heteroatoms. The maximum Gasteiger partial charge on any atom is 0.407 e. The Labute approximate surface area is 167 Å². The van der Waals surface area contributed by atoms with Crippen LogP contribution in [-0.4, -0.2) is 49.8 Å². The Bertz CT molecular complexity index is 832. The van der Waals surface area contributed by atoms with Gasteiger partial charge in [-0.05, 0) is 18.6 Å². The topological polar surface area (TPSA) is 87.7 Å². The number of amides is 3. The molecular weight excluding hydrogens is 417 g/mol. The molecule has 1 aromatic carbocycles. The third-order valence-corrected chi connectivity index (χ3v) is 4.82. The Morgan fingerprint density at radius 1 is 1.20 bits per heavy atom. The number of alkyl carbamates (subject to hydrolysis) is 1. The van der Waals surface area contributed by atoms with Gasteiger partial charge >= 0.3 is 12.3 Å². The minimum atomic E-state index is -4.39. The normalized spacial score (nSPS) is 19.9. The third-order valence-electron chi connectivity index (χ3n) is 4.82. The van der Waals surface area contributed by atoms with Gasteiger partial charge in [-0.25, -0.2) is 13.6 Å². The predicted octanol–water partition coefficient (Wildman–Crippen LogP) is 2.35. The van der Waals surface area contributed by atoms with Gasteiger partial charge in [-0.2, -0.15) is 13.2 Å². The molecule has 164 valence electrons. The first-order chi connectivity index (χ1) is 14.0. The Balaban J connectivity index is 1.54. The van der Waals surface area contributed by atoms with Gasteiger partial charge in [0.1, 0.15) is 17.7 Å². The van der Waals surface area contributed by atoms with E-state index in [-0.39, 0.29) is 31.6 Å². The van der Waals surface area contributed by atoms with Gasteiger partial charge in [-0.3, -0.25) is 14.9 Å². The smallest absolute Gasteiger partial charge is 0.407 e. The first-order valence-electron chi connectivity index (χ1n) is 9.12. The Kier molecular flexibility index (Phi) is 6.13. The Hall–Kier alpha value is -2.92. The molecule has 0 spiro atoms. The molecule has 0 radical (unpaired) electrons. The summed E-state index contributed by atoms with van der Waals surface area (Å²) >= 11 is 0. The SMILES string of the molecule is O=C1CCC(c2c(F)cc(N3CC(OC(=O)NCCC(F)(F)F)C3)cc2F)C(=O)N1. The lowest BCUT2D eigenvalue weighted by Gasteiger charge is -2.40. The summed E-state index contributed by atoms with van der Waals surface area (Å²) in [4.78, 5) is 36.0. The minimum absolute atomic E-state index is 0.000925. The molecule has 0 aromatic heterocycles. The summed E-state index contributed by atoms with van der Waals surface area (Å²) in [5, 5.41) is 4.03. The summed E-state index contributed by atoms with van der Waals surface area (Å²) in [5.41, 5.74) is -0.250. The average molecular weight is 435 g/mol. The van der Waals surface area contributed by atoms with Crippen molar-refractivity contribution in [2.45, 2.75) is 37.5 Å². The predicted molar refractivity (Wildman–Crippen MR) is 92.6 cm³/mol. The summed E-state index contributed by atoms with van der Waals surface area (Å²) in [6.45, 7) is -0.413. The van der Waals surface area contributed by atoms with Crippen molar-refractivity contribution < 1.29 is 41.1 Å². The highest BCUT2D eigenvalue weighted by Crippen LogP contribution is 2.33. The number of alkyl halides is 3. The number of nitrogens with one attached hydrogen (secondary N) is 2. The summed E-state index contributed by atoms with van der Waals surface area (Å²) in [5.74, 6) is -4.24. The highest BCUT2D eigenvalue weighted by Gasteiger charge is 2.35. The summed E-state index contributed by atoms with van der Waals surface area (Å²) in [6.07, 6.45) is -7.24. The van der Waals surface area contributed by atoms with Gasteiger partial charge in [-0.1, -0.05) is 0 Å². The monoisotopic (exact) mass is 435 g/mol. The number of hydrogen-bond acceptors (Lipinski definition) is 5. The quantitative estimate of drug-likeness (QED) is 0.548. The Morgan fingerprint density at radius 3 is 2.40 bits per heavy atom. The first-order valence-corrected chi connectivity index (χ1v) is 9.12. The van der Waals surface area contributed by atoms with Gasteiger partial charge in [0.05, 0.1) is 25.4 Å². The van der Waals surface area contributed by atoms with Crippen LogP contribution >= 0.6 is 0 Å². The van der Waals surface area contributed by atoms with Crippen LogP contribution in [0.25, 0.3) is 0 Å². The van der Waals surface area contributed by atoms with Crippen molar-refractivity contribution in [3.05, 3.63) is 29.3 Å². The zero-order valence-electron chi connectivity index (χ0n) is 15.5. The van der Waals surface area contributed by atoms with Gasteiger partial charge in [0, 0.05) is 24.2 Å². The van der Waals surface area contributed by atoms with E-state index in [2.05, 4.69) is 5.32 Å². The number of halogens is 5. The lowest BCUT2D eigenvalue weighted by molar-refractivity contribution is -0.135. The van der Waals surface area contributed by atoms with Crippen molar-refractivity contribution in [1.82, 2.24) is 10.6 Å². The van der Waals surface area contributed by atoms with E-state index in [9.17, 15) is 36.3 Å². The van der Waals surface area contributed by atoms with Crippen LogP contribution in [0.15, 0.2) is 12.1 Å². The van der Waals surface area contributed by atoms with E-state index in [0.717, 1.165) is 12.1 Å². The van der Waals surface area contributed by atoms with Crippen molar-refractivity contribution in [2.75, 3.05) is 24.5 Å². The molecular formula is C18H18F5N3O4. The molecule has 2 aliphatic heterocycles. The van der Waals surface area contributed by atoms with Gasteiger partial charge in [-0.15, -0.1) is 0 Å².